The van der Waals surface area contributed by atoms with Gasteiger partial charge in [0, 0.05) is 5.56 Å². The maximum atomic E-state index is 13.2. The lowest BCUT2D eigenvalue weighted by Crippen LogP contribution is -2.36. The van der Waals surface area contributed by atoms with Gasteiger partial charge in [0.15, 0.2) is 0 Å². The highest BCUT2D eigenvalue weighted by molar-refractivity contribution is 5.75. The van der Waals surface area contributed by atoms with E-state index in [1.165, 1.54) is 6.07 Å². The Morgan fingerprint density at radius 2 is 2.06 bits per heavy atom. The van der Waals surface area contributed by atoms with Gasteiger partial charge >= 0.3 is 5.97 Å². The van der Waals surface area contributed by atoms with Gasteiger partial charge in [-0.2, -0.15) is 0 Å². The zero-order valence-corrected chi connectivity index (χ0v) is 9.44. The van der Waals surface area contributed by atoms with Gasteiger partial charge in [0.1, 0.15) is 18.5 Å². The molecule has 16 heavy (non-hydrogen) atoms. The first-order chi connectivity index (χ1) is 7.52. The Bertz CT molecular complexity index is 366. The summed E-state index contributed by atoms with van der Waals surface area (Å²) in [5.41, 5.74) is 5.95. The van der Waals surface area contributed by atoms with Crippen LogP contribution in [0.25, 0.3) is 0 Å². The first-order valence-electron chi connectivity index (χ1n) is 5.18. The Hall–Kier alpha value is -1.42. The molecule has 4 heteroatoms. The number of ether oxygens (including phenoxy) is 1. The quantitative estimate of drug-likeness (QED) is 0.796. The van der Waals surface area contributed by atoms with E-state index in [4.69, 9.17) is 10.5 Å². The van der Waals surface area contributed by atoms with Crippen molar-refractivity contribution in [1.82, 2.24) is 0 Å². The van der Waals surface area contributed by atoms with E-state index in [9.17, 15) is 9.18 Å². The summed E-state index contributed by atoms with van der Waals surface area (Å²) in [6.45, 7) is 3.58. The Labute approximate surface area is 94.4 Å². The van der Waals surface area contributed by atoms with Crippen molar-refractivity contribution < 1.29 is 13.9 Å². The van der Waals surface area contributed by atoms with Gasteiger partial charge in [0.2, 0.25) is 0 Å². The van der Waals surface area contributed by atoms with Crippen molar-refractivity contribution in [3.63, 3.8) is 0 Å². The summed E-state index contributed by atoms with van der Waals surface area (Å²) in [6, 6.07) is 5.51. The molecule has 1 aromatic rings. The van der Waals surface area contributed by atoms with Crippen LogP contribution in [0, 0.1) is 11.7 Å². The van der Waals surface area contributed by atoms with Crippen LogP contribution in [0.4, 0.5) is 4.39 Å². The van der Waals surface area contributed by atoms with E-state index in [0.717, 1.165) is 0 Å². The summed E-state index contributed by atoms with van der Waals surface area (Å²) < 4.78 is 18.1. The maximum Gasteiger partial charge on any atom is 0.323 e. The van der Waals surface area contributed by atoms with Crippen molar-refractivity contribution in [1.29, 1.82) is 0 Å². The molecule has 0 heterocycles. The van der Waals surface area contributed by atoms with Crippen LogP contribution in [-0.4, -0.2) is 12.0 Å². The lowest BCUT2D eigenvalue weighted by molar-refractivity contribution is -0.147. The van der Waals surface area contributed by atoms with Gasteiger partial charge in [-0.25, -0.2) is 4.39 Å². The molecule has 0 unspecified atom stereocenters. The summed E-state index contributed by atoms with van der Waals surface area (Å²) in [5, 5.41) is 0. The second kappa shape index (κ2) is 5.61. The highest BCUT2D eigenvalue weighted by Crippen LogP contribution is 2.09. The maximum absolute atomic E-state index is 13.2. The molecular weight excluding hydrogens is 209 g/mol. The SMILES string of the molecule is CC(C)[C@H](N)C(=O)OCc1ccccc1F. The average Bonchev–Trinajstić information content (AvgIpc) is 2.26. The first kappa shape index (κ1) is 12.6. The minimum absolute atomic E-state index is 0.00752. The van der Waals surface area contributed by atoms with Gasteiger partial charge in [0.25, 0.3) is 0 Å². The average molecular weight is 225 g/mol. The predicted octanol–water partition coefficient (Wildman–Crippen LogP) is 1.85. The van der Waals surface area contributed by atoms with Gasteiger partial charge < -0.3 is 10.5 Å². The number of hydrogen-bond acceptors (Lipinski definition) is 3. The zero-order valence-electron chi connectivity index (χ0n) is 9.44. The number of hydrogen-bond donors (Lipinski definition) is 1. The van der Waals surface area contributed by atoms with Gasteiger partial charge in [-0.1, -0.05) is 32.0 Å². The van der Waals surface area contributed by atoms with Crippen molar-refractivity contribution in [2.45, 2.75) is 26.5 Å². The number of benzene rings is 1. The topological polar surface area (TPSA) is 52.3 Å². The van der Waals surface area contributed by atoms with E-state index in [1.54, 1.807) is 18.2 Å². The van der Waals surface area contributed by atoms with E-state index in [-0.39, 0.29) is 18.3 Å². The molecule has 0 aliphatic heterocycles. The molecule has 0 aromatic heterocycles. The molecule has 0 spiro atoms. The van der Waals surface area contributed by atoms with Crippen LogP contribution in [0.2, 0.25) is 0 Å². The lowest BCUT2D eigenvalue weighted by atomic mass is 10.1. The molecule has 0 saturated carbocycles. The zero-order chi connectivity index (χ0) is 12.1. The van der Waals surface area contributed by atoms with Crippen LogP contribution < -0.4 is 5.73 Å². The number of halogens is 1. The van der Waals surface area contributed by atoms with Gasteiger partial charge in [-0.05, 0) is 12.0 Å². The summed E-state index contributed by atoms with van der Waals surface area (Å²) in [5.74, 6) is -0.875. The fourth-order valence-electron chi connectivity index (χ4n) is 1.13. The molecule has 0 amide bonds. The van der Waals surface area contributed by atoms with E-state index in [2.05, 4.69) is 0 Å². The Kier molecular flexibility index (Phi) is 4.43. The van der Waals surface area contributed by atoms with Crippen molar-refractivity contribution in [2.24, 2.45) is 11.7 Å². The first-order valence-corrected chi connectivity index (χ1v) is 5.18. The third-order valence-electron chi connectivity index (χ3n) is 2.32. The summed E-state index contributed by atoms with van der Waals surface area (Å²) in [6.07, 6.45) is 0. The van der Waals surface area contributed by atoms with E-state index in [1.807, 2.05) is 13.8 Å². The largest absolute Gasteiger partial charge is 0.460 e. The summed E-state index contributed by atoms with van der Waals surface area (Å²) in [7, 11) is 0. The molecule has 2 N–H and O–H groups in total. The third kappa shape index (κ3) is 3.31. The summed E-state index contributed by atoms with van der Waals surface area (Å²) >= 11 is 0. The molecule has 0 aliphatic carbocycles. The molecule has 3 nitrogen and oxygen atoms in total. The smallest absolute Gasteiger partial charge is 0.323 e. The van der Waals surface area contributed by atoms with E-state index < -0.39 is 12.0 Å². The molecule has 1 rings (SSSR count). The number of esters is 1. The fraction of sp³-hybridized carbons (Fsp3) is 0.417. The lowest BCUT2D eigenvalue weighted by Gasteiger charge is -2.14. The Morgan fingerprint density at radius 1 is 1.44 bits per heavy atom. The van der Waals surface area contributed by atoms with Gasteiger partial charge in [0.05, 0.1) is 0 Å². The van der Waals surface area contributed by atoms with Gasteiger partial charge in [-0.3, -0.25) is 4.79 Å². The molecule has 0 radical (unpaired) electrons. The van der Waals surface area contributed by atoms with Gasteiger partial charge in [-0.15, -0.1) is 0 Å². The van der Waals surface area contributed by atoms with Crippen LogP contribution in [0.1, 0.15) is 19.4 Å². The molecule has 0 fully saturated rings. The molecule has 0 saturated heterocycles. The van der Waals surface area contributed by atoms with Crippen molar-refractivity contribution in [2.75, 3.05) is 0 Å². The molecular formula is C12H16FNO2. The van der Waals surface area contributed by atoms with Crippen molar-refractivity contribution in [3.05, 3.63) is 35.6 Å². The number of rotatable bonds is 4. The standard InChI is InChI=1S/C12H16FNO2/c1-8(2)11(14)12(15)16-7-9-5-3-4-6-10(9)13/h3-6,8,11H,7,14H2,1-2H3/t11-/m0/s1. The van der Waals surface area contributed by atoms with Crippen molar-refractivity contribution >= 4 is 5.97 Å². The molecule has 88 valence electrons. The Balaban J connectivity index is 2.52. The molecule has 0 aliphatic rings. The van der Waals surface area contributed by atoms with Crippen LogP contribution in [0.5, 0.6) is 0 Å². The number of carbonyl (C=O) groups excluding carboxylic acids is 1. The highest BCUT2D eigenvalue weighted by atomic mass is 19.1. The minimum atomic E-state index is -0.660. The summed E-state index contributed by atoms with van der Waals surface area (Å²) in [4.78, 5) is 11.4. The van der Waals surface area contributed by atoms with E-state index in [0.29, 0.717) is 5.56 Å². The predicted molar refractivity (Wildman–Crippen MR) is 59.0 cm³/mol. The molecule has 1 aromatic carbocycles. The number of carbonyl (C=O) groups is 1. The van der Waals surface area contributed by atoms with Crippen molar-refractivity contribution in [3.8, 4) is 0 Å². The van der Waals surface area contributed by atoms with Crippen LogP contribution in [-0.2, 0) is 16.1 Å². The third-order valence-corrected chi connectivity index (χ3v) is 2.32. The molecule has 1 atom stereocenters. The second-order valence-corrected chi connectivity index (χ2v) is 3.97. The Morgan fingerprint density at radius 3 is 2.62 bits per heavy atom. The normalized spacial score (nSPS) is 12.6. The van der Waals surface area contributed by atoms with Crippen LogP contribution >= 0.6 is 0 Å². The minimum Gasteiger partial charge on any atom is -0.460 e. The highest BCUT2D eigenvalue weighted by Gasteiger charge is 2.18. The van der Waals surface area contributed by atoms with Crippen LogP contribution in [0.3, 0.4) is 0 Å². The molecule has 0 bridgehead atoms. The fourth-order valence-corrected chi connectivity index (χ4v) is 1.13. The van der Waals surface area contributed by atoms with Crippen LogP contribution in [0.15, 0.2) is 24.3 Å². The second-order valence-electron chi connectivity index (χ2n) is 3.97. The van der Waals surface area contributed by atoms with E-state index >= 15 is 0 Å². The monoisotopic (exact) mass is 225 g/mol. The number of nitrogens with two attached hydrogens (primary N) is 1.